The first-order valence-corrected chi connectivity index (χ1v) is 9.95. The van der Waals surface area contributed by atoms with Crippen LogP contribution < -0.4 is 5.32 Å². The summed E-state index contributed by atoms with van der Waals surface area (Å²) in [4.78, 5) is 9.62. The summed E-state index contributed by atoms with van der Waals surface area (Å²) in [6, 6.07) is 0.793. The predicted molar refractivity (Wildman–Crippen MR) is 99.5 cm³/mol. The highest BCUT2D eigenvalue weighted by molar-refractivity contribution is 5.80. The largest absolute Gasteiger partial charge is 0.383 e. The van der Waals surface area contributed by atoms with Gasteiger partial charge in [-0.1, -0.05) is 19.3 Å². The minimum Gasteiger partial charge on any atom is -0.383 e. The Labute approximate surface area is 147 Å². The van der Waals surface area contributed by atoms with Crippen molar-refractivity contribution in [3.63, 3.8) is 0 Å². The maximum Gasteiger partial charge on any atom is 0.193 e. The number of nitrogens with zero attached hydrogens (tertiary/aromatic N) is 3. The number of hydrogen-bond acceptors (Lipinski definition) is 3. The van der Waals surface area contributed by atoms with E-state index in [4.69, 9.17) is 4.74 Å². The lowest BCUT2D eigenvalue weighted by Crippen LogP contribution is -2.45. The third kappa shape index (κ3) is 4.63. The standard InChI is InChI=1S/C19H36N4O/c1-20-18(21-11-13-22(14-15-24-2)17-6-7-17)23-12-10-19(16-23)8-4-3-5-9-19/h17H,3-16H2,1-2H3,(H,20,21). The van der Waals surface area contributed by atoms with Gasteiger partial charge in [0.2, 0.25) is 0 Å². The molecule has 0 aromatic rings. The molecule has 0 radical (unpaired) electrons. The molecule has 138 valence electrons. The molecular formula is C19H36N4O. The zero-order valence-electron chi connectivity index (χ0n) is 15.7. The molecule has 24 heavy (non-hydrogen) atoms. The summed E-state index contributed by atoms with van der Waals surface area (Å²) in [7, 11) is 3.72. The fraction of sp³-hybridized carbons (Fsp3) is 0.947. The molecule has 1 saturated heterocycles. The Morgan fingerprint density at radius 1 is 1.21 bits per heavy atom. The van der Waals surface area contributed by atoms with Crippen LogP contribution in [0, 0.1) is 5.41 Å². The number of rotatable bonds is 7. The maximum atomic E-state index is 5.25. The van der Waals surface area contributed by atoms with E-state index in [1.807, 2.05) is 7.05 Å². The normalized spacial score (nSPS) is 24.1. The minimum atomic E-state index is 0.592. The van der Waals surface area contributed by atoms with Crippen molar-refractivity contribution in [2.24, 2.45) is 10.4 Å². The lowest BCUT2D eigenvalue weighted by molar-refractivity contribution is 0.144. The fourth-order valence-corrected chi connectivity index (χ4v) is 4.59. The molecule has 3 fully saturated rings. The van der Waals surface area contributed by atoms with Crippen molar-refractivity contribution < 1.29 is 4.74 Å². The van der Waals surface area contributed by atoms with Gasteiger partial charge in [0, 0.05) is 52.9 Å². The van der Waals surface area contributed by atoms with E-state index in [1.54, 1.807) is 7.11 Å². The van der Waals surface area contributed by atoms with E-state index < -0.39 is 0 Å². The van der Waals surface area contributed by atoms with Crippen LogP contribution in [-0.4, -0.2) is 75.3 Å². The van der Waals surface area contributed by atoms with E-state index in [1.165, 1.54) is 64.5 Å². The second-order valence-electron chi connectivity index (χ2n) is 7.97. The summed E-state index contributed by atoms with van der Waals surface area (Å²) in [6.45, 7) is 6.34. The molecule has 0 aromatic heterocycles. The van der Waals surface area contributed by atoms with Gasteiger partial charge in [0.15, 0.2) is 5.96 Å². The summed E-state index contributed by atoms with van der Waals surface area (Å²) >= 11 is 0. The Morgan fingerprint density at radius 2 is 2.00 bits per heavy atom. The predicted octanol–water partition coefficient (Wildman–Crippen LogP) is 2.33. The molecule has 2 saturated carbocycles. The van der Waals surface area contributed by atoms with Gasteiger partial charge in [-0.3, -0.25) is 9.89 Å². The number of ether oxygens (including phenoxy) is 1. The molecule has 0 unspecified atom stereocenters. The SMILES string of the molecule is CN=C(NCCN(CCOC)C1CC1)N1CCC2(CCCCC2)C1. The topological polar surface area (TPSA) is 40.1 Å². The van der Waals surface area contributed by atoms with Crippen LogP contribution >= 0.6 is 0 Å². The van der Waals surface area contributed by atoms with Gasteiger partial charge in [-0.15, -0.1) is 0 Å². The van der Waals surface area contributed by atoms with Crippen molar-refractivity contribution in [1.29, 1.82) is 0 Å². The number of likely N-dealkylation sites (tertiary alicyclic amines) is 1. The van der Waals surface area contributed by atoms with E-state index in [2.05, 4.69) is 20.1 Å². The van der Waals surface area contributed by atoms with E-state index >= 15 is 0 Å². The summed E-state index contributed by atoms with van der Waals surface area (Å²) in [5.41, 5.74) is 0.592. The van der Waals surface area contributed by atoms with Crippen LogP contribution in [0.15, 0.2) is 4.99 Å². The van der Waals surface area contributed by atoms with Crippen molar-refractivity contribution in [2.45, 2.75) is 57.4 Å². The lowest BCUT2D eigenvalue weighted by Gasteiger charge is -2.33. The van der Waals surface area contributed by atoms with Crippen molar-refractivity contribution in [3.8, 4) is 0 Å². The average molecular weight is 337 g/mol. The Bertz CT molecular complexity index is 416. The van der Waals surface area contributed by atoms with Crippen LogP contribution in [-0.2, 0) is 4.74 Å². The van der Waals surface area contributed by atoms with Gasteiger partial charge in [0.25, 0.3) is 0 Å². The van der Waals surface area contributed by atoms with Crippen molar-refractivity contribution in [2.75, 3.05) is 53.5 Å². The van der Waals surface area contributed by atoms with Crippen LogP contribution in [0.5, 0.6) is 0 Å². The average Bonchev–Trinajstić information content (AvgIpc) is 3.38. The van der Waals surface area contributed by atoms with Gasteiger partial charge >= 0.3 is 0 Å². The fourth-order valence-electron chi connectivity index (χ4n) is 4.59. The van der Waals surface area contributed by atoms with Crippen LogP contribution in [0.1, 0.15) is 51.4 Å². The highest BCUT2D eigenvalue weighted by Crippen LogP contribution is 2.43. The molecule has 5 heteroatoms. The molecule has 0 atom stereocenters. The first kappa shape index (κ1) is 18.0. The third-order valence-electron chi connectivity index (χ3n) is 6.19. The monoisotopic (exact) mass is 336 g/mol. The van der Waals surface area contributed by atoms with Crippen molar-refractivity contribution >= 4 is 5.96 Å². The van der Waals surface area contributed by atoms with Crippen LogP contribution in [0.2, 0.25) is 0 Å². The van der Waals surface area contributed by atoms with Gasteiger partial charge in [-0.2, -0.15) is 0 Å². The number of guanidine groups is 1. The molecule has 1 N–H and O–H groups in total. The minimum absolute atomic E-state index is 0.592. The Hall–Kier alpha value is -0.810. The third-order valence-corrected chi connectivity index (χ3v) is 6.19. The van der Waals surface area contributed by atoms with E-state index in [0.29, 0.717) is 5.41 Å². The van der Waals surface area contributed by atoms with E-state index in [9.17, 15) is 0 Å². The zero-order valence-corrected chi connectivity index (χ0v) is 15.7. The van der Waals surface area contributed by atoms with E-state index in [-0.39, 0.29) is 0 Å². The molecule has 2 aliphatic carbocycles. The quantitative estimate of drug-likeness (QED) is 0.572. The number of methoxy groups -OCH3 is 1. The number of nitrogens with one attached hydrogen (secondary N) is 1. The van der Waals surface area contributed by atoms with Gasteiger partial charge in [-0.05, 0) is 37.5 Å². The lowest BCUT2D eigenvalue weighted by atomic mass is 9.73. The van der Waals surface area contributed by atoms with Gasteiger partial charge in [0.05, 0.1) is 6.61 Å². The Morgan fingerprint density at radius 3 is 2.67 bits per heavy atom. The first-order valence-electron chi connectivity index (χ1n) is 9.95. The molecule has 1 spiro atoms. The smallest absolute Gasteiger partial charge is 0.193 e. The Balaban J connectivity index is 1.43. The zero-order chi connectivity index (χ0) is 16.8. The molecular weight excluding hydrogens is 300 g/mol. The van der Waals surface area contributed by atoms with Gasteiger partial charge in [-0.25, -0.2) is 0 Å². The second kappa shape index (κ2) is 8.52. The molecule has 0 amide bonds. The second-order valence-corrected chi connectivity index (χ2v) is 7.97. The van der Waals surface area contributed by atoms with Crippen LogP contribution in [0.4, 0.5) is 0 Å². The molecule has 1 aliphatic heterocycles. The molecule has 0 bridgehead atoms. The van der Waals surface area contributed by atoms with Gasteiger partial charge in [0.1, 0.15) is 0 Å². The number of hydrogen-bond donors (Lipinski definition) is 1. The summed E-state index contributed by atoms with van der Waals surface area (Å²) in [6.07, 6.45) is 11.2. The highest BCUT2D eigenvalue weighted by Gasteiger charge is 2.39. The Kier molecular flexibility index (Phi) is 6.39. The molecule has 3 rings (SSSR count). The van der Waals surface area contributed by atoms with Gasteiger partial charge < -0.3 is 15.0 Å². The van der Waals surface area contributed by atoms with Crippen LogP contribution in [0.25, 0.3) is 0 Å². The molecule has 3 aliphatic rings. The summed E-state index contributed by atoms with van der Waals surface area (Å²) in [5.74, 6) is 1.11. The van der Waals surface area contributed by atoms with Crippen LogP contribution in [0.3, 0.4) is 0 Å². The summed E-state index contributed by atoms with van der Waals surface area (Å²) < 4.78 is 5.25. The molecule has 0 aromatic carbocycles. The molecule has 1 heterocycles. The van der Waals surface area contributed by atoms with Crippen molar-refractivity contribution in [3.05, 3.63) is 0 Å². The first-order chi connectivity index (χ1) is 11.8. The highest BCUT2D eigenvalue weighted by atomic mass is 16.5. The number of aliphatic imine (C=N–C) groups is 1. The molecule has 5 nitrogen and oxygen atoms in total. The van der Waals surface area contributed by atoms with Crippen molar-refractivity contribution in [1.82, 2.24) is 15.1 Å². The van der Waals surface area contributed by atoms with E-state index in [0.717, 1.165) is 38.2 Å². The summed E-state index contributed by atoms with van der Waals surface area (Å²) in [5, 5.41) is 3.62. The maximum absolute atomic E-state index is 5.25.